The Kier molecular flexibility index (Phi) is 5.98. The van der Waals surface area contributed by atoms with Crippen molar-refractivity contribution in [3.8, 4) is 11.5 Å². The molecular weight excluding hydrogens is 382 g/mol. The second kappa shape index (κ2) is 9.17. The van der Waals surface area contributed by atoms with Gasteiger partial charge in [-0.25, -0.2) is 15.0 Å². The third-order valence-electron chi connectivity index (χ3n) is 4.95. The Balaban J connectivity index is 1.33. The average Bonchev–Trinajstić information content (AvgIpc) is 2.80. The topological polar surface area (TPSA) is 123 Å². The highest BCUT2D eigenvalue weighted by molar-refractivity contribution is 5.94. The third-order valence-corrected chi connectivity index (χ3v) is 4.95. The SMILES string of the molecule is O=C(NC1CCCC(NC(=O)c2cnccn2)C1)c1cnc(-c2ccccn2)nc1. The fourth-order valence-electron chi connectivity index (χ4n) is 3.47. The maximum absolute atomic E-state index is 12.6. The standard InChI is InChI=1S/C21H21N7O2/c29-20(14-11-25-19(26-12-14)17-6-1-2-7-23-17)27-15-4-3-5-16(10-15)28-21(30)18-13-22-8-9-24-18/h1-2,6-9,11-13,15-16H,3-5,10H2,(H,27,29)(H,28,30). The molecule has 1 aliphatic carbocycles. The fourth-order valence-corrected chi connectivity index (χ4v) is 3.47. The summed E-state index contributed by atoms with van der Waals surface area (Å²) >= 11 is 0. The second-order valence-electron chi connectivity index (χ2n) is 7.11. The summed E-state index contributed by atoms with van der Waals surface area (Å²) in [5, 5.41) is 6.00. The summed E-state index contributed by atoms with van der Waals surface area (Å²) in [5.41, 5.74) is 1.33. The van der Waals surface area contributed by atoms with Gasteiger partial charge in [-0.1, -0.05) is 6.07 Å². The van der Waals surface area contributed by atoms with Gasteiger partial charge in [-0.2, -0.15) is 0 Å². The molecule has 0 aromatic carbocycles. The van der Waals surface area contributed by atoms with Gasteiger partial charge in [0.05, 0.1) is 11.8 Å². The van der Waals surface area contributed by atoms with Crippen molar-refractivity contribution < 1.29 is 9.59 Å². The van der Waals surface area contributed by atoms with Crippen LogP contribution in [0.4, 0.5) is 0 Å². The van der Waals surface area contributed by atoms with E-state index in [0.717, 1.165) is 19.3 Å². The smallest absolute Gasteiger partial charge is 0.271 e. The molecule has 1 saturated carbocycles. The molecule has 30 heavy (non-hydrogen) atoms. The van der Waals surface area contributed by atoms with Gasteiger partial charge in [-0.05, 0) is 37.8 Å². The lowest BCUT2D eigenvalue weighted by Crippen LogP contribution is -2.46. The van der Waals surface area contributed by atoms with Crippen molar-refractivity contribution in [2.75, 3.05) is 0 Å². The van der Waals surface area contributed by atoms with E-state index in [0.29, 0.717) is 23.5 Å². The number of aromatic nitrogens is 5. The van der Waals surface area contributed by atoms with Crippen LogP contribution >= 0.6 is 0 Å². The van der Waals surface area contributed by atoms with Gasteiger partial charge in [0.25, 0.3) is 11.8 Å². The normalized spacial score (nSPS) is 18.4. The van der Waals surface area contributed by atoms with E-state index in [9.17, 15) is 9.59 Å². The maximum atomic E-state index is 12.6. The number of hydrogen-bond donors (Lipinski definition) is 2. The minimum absolute atomic E-state index is 0.0265. The summed E-state index contributed by atoms with van der Waals surface area (Å²) in [7, 11) is 0. The summed E-state index contributed by atoms with van der Waals surface area (Å²) in [6.07, 6.45) is 12.4. The summed E-state index contributed by atoms with van der Waals surface area (Å²) in [5.74, 6) is -0.0105. The van der Waals surface area contributed by atoms with E-state index in [1.54, 1.807) is 6.20 Å². The van der Waals surface area contributed by atoms with Crippen molar-refractivity contribution in [1.29, 1.82) is 0 Å². The van der Waals surface area contributed by atoms with Crippen molar-refractivity contribution in [3.05, 3.63) is 66.6 Å². The van der Waals surface area contributed by atoms with E-state index >= 15 is 0 Å². The zero-order valence-electron chi connectivity index (χ0n) is 16.2. The van der Waals surface area contributed by atoms with Crippen LogP contribution in [0.2, 0.25) is 0 Å². The van der Waals surface area contributed by atoms with Gasteiger partial charge < -0.3 is 10.6 Å². The van der Waals surface area contributed by atoms with Gasteiger partial charge in [0.2, 0.25) is 0 Å². The molecule has 3 heterocycles. The van der Waals surface area contributed by atoms with Gasteiger partial charge in [-0.15, -0.1) is 0 Å². The quantitative estimate of drug-likeness (QED) is 0.666. The first-order valence-corrected chi connectivity index (χ1v) is 9.80. The minimum atomic E-state index is -0.251. The average molecular weight is 403 g/mol. The number of rotatable bonds is 5. The number of amides is 2. The predicted molar refractivity (Wildman–Crippen MR) is 108 cm³/mol. The third kappa shape index (κ3) is 4.80. The van der Waals surface area contributed by atoms with Crippen LogP contribution in [0.3, 0.4) is 0 Å². The minimum Gasteiger partial charge on any atom is -0.349 e. The van der Waals surface area contributed by atoms with Gasteiger partial charge in [0.1, 0.15) is 11.4 Å². The first kappa shape index (κ1) is 19.6. The fraction of sp³-hybridized carbons (Fsp3) is 0.286. The molecule has 2 N–H and O–H groups in total. The van der Waals surface area contributed by atoms with Crippen LogP contribution in [0.25, 0.3) is 11.5 Å². The number of carbonyl (C=O) groups excluding carboxylic acids is 2. The van der Waals surface area contributed by atoms with Gasteiger partial charge in [-0.3, -0.25) is 19.6 Å². The Morgan fingerprint density at radius 1 is 0.833 bits per heavy atom. The Labute approximate surface area is 173 Å². The largest absolute Gasteiger partial charge is 0.349 e. The lowest BCUT2D eigenvalue weighted by atomic mass is 9.90. The molecule has 3 aromatic rings. The van der Waals surface area contributed by atoms with Crippen molar-refractivity contribution in [2.45, 2.75) is 37.8 Å². The number of hydrogen-bond acceptors (Lipinski definition) is 7. The van der Waals surface area contributed by atoms with E-state index < -0.39 is 0 Å². The number of nitrogens with one attached hydrogen (secondary N) is 2. The van der Waals surface area contributed by atoms with Crippen molar-refractivity contribution in [2.24, 2.45) is 0 Å². The molecule has 0 radical (unpaired) electrons. The first-order chi connectivity index (χ1) is 14.7. The second-order valence-corrected chi connectivity index (χ2v) is 7.11. The van der Waals surface area contributed by atoms with E-state index in [-0.39, 0.29) is 29.6 Å². The number of nitrogens with zero attached hydrogens (tertiary/aromatic N) is 5. The maximum Gasteiger partial charge on any atom is 0.271 e. The van der Waals surface area contributed by atoms with Gasteiger partial charge in [0, 0.05) is 43.1 Å². The lowest BCUT2D eigenvalue weighted by molar-refractivity contribution is 0.0899. The Bertz CT molecular complexity index is 997. The molecule has 3 aromatic heterocycles. The Hall–Kier alpha value is -3.75. The molecule has 2 unspecified atom stereocenters. The zero-order valence-corrected chi connectivity index (χ0v) is 16.2. The molecule has 0 aliphatic heterocycles. The molecule has 9 nitrogen and oxygen atoms in total. The summed E-state index contributed by atoms with van der Waals surface area (Å²) < 4.78 is 0. The molecule has 0 spiro atoms. The van der Waals surface area contributed by atoms with E-state index in [4.69, 9.17) is 0 Å². The predicted octanol–water partition coefficient (Wildman–Crippen LogP) is 1.80. The molecule has 152 valence electrons. The van der Waals surface area contributed by atoms with Crippen molar-refractivity contribution >= 4 is 11.8 Å². The van der Waals surface area contributed by atoms with Gasteiger partial charge in [0.15, 0.2) is 5.82 Å². The Morgan fingerprint density at radius 2 is 1.60 bits per heavy atom. The first-order valence-electron chi connectivity index (χ1n) is 9.80. The number of carbonyl (C=O) groups is 2. The van der Waals surface area contributed by atoms with Crippen LogP contribution < -0.4 is 10.6 Å². The van der Waals surface area contributed by atoms with E-state index in [1.807, 2.05) is 18.2 Å². The van der Waals surface area contributed by atoms with Crippen molar-refractivity contribution in [3.63, 3.8) is 0 Å². The monoisotopic (exact) mass is 403 g/mol. The lowest BCUT2D eigenvalue weighted by Gasteiger charge is -2.30. The Morgan fingerprint density at radius 3 is 2.27 bits per heavy atom. The summed E-state index contributed by atoms with van der Waals surface area (Å²) in [6.45, 7) is 0. The van der Waals surface area contributed by atoms with Crippen LogP contribution in [-0.4, -0.2) is 48.8 Å². The van der Waals surface area contributed by atoms with Crippen LogP contribution in [0.5, 0.6) is 0 Å². The molecular formula is C21H21N7O2. The van der Waals surface area contributed by atoms with E-state index in [1.165, 1.54) is 31.0 Å². The van der Waals surface area contributed by atoms with Gasteiger partial charge >= 0.3 is 0 Å². The molecule has 9 heteroatoms. The molecule has 1 fully saturated rings. The van der Waals surface area contributed by atoms with Crippen molar-refractivity contribution in [1.82, 2.24) is 35.6 Å². The molecule has 2 amide bonds. The summed E-state index contributed by atoms with van der Waals surface area (Å²) in [4.78, 5) is 45.5. The molecule has 1 aliphatic rings. The zero-order chi connectivity index (χ0) is 20.8. The summed E-state index contributed by atoms with van der Waals surface area (Å²) in [6, 6.07) is 5.43. The van der Waals surface area contributed by atoms with Crippen LogP contribution in [0, 0.1) is 0 Å². The number of pyridine rings is 1. The van der Waals surface area contributed by atoms with Crippen LogP contribution in [0.1, 0.15) is 46.5 Å². The highest BCUT2D eigenvalue weighted by Crippen LogP contribution is 2.19. The molecule has 0 bridgehead atoms. The van der Waals surface area contributed by atoms with E-state index in [2.05, 4.69) is 35.6 Å². The van der Waals surface area contributed by atoms with Crippen LogP contribution in [0.15, 0.2) is 55.4 Å². The molecule has 4 rings (SSSR count). The molecule has 2 atom stereocenters. The van der Waals surface area contributed by atoms with Crippen LogP contribution in [-0.2, 0) is 0 Å². The molecule has 0 saturated heterocycles. The highest BCUT2D eigenvalue weighted by atomic mass is 16.2. The highest BCUT2D eigenvalue weighted by Gasteiger charge is 2.25.